The lowest BCUT2D eigenvalue weighted by atomic mass is 9.98. The highest BCUT2D eigenvalue weighted by Crippen LogP contribution is 2.24. The average molecular weight is 444 g/mol. The summed E-state index contributed by atoms with van der Waals surface area (Å²) in [5.74, 6) is -0.517. The molecule has 3 rings (SSSR count). The zero-order valence-corrected chi connectivity index (χ0v) is 19.6. The lowest BCUT2D eigenvalue weighted by molar-refractivity contribution is -0.149. The first kappa shape index (κ1) is 23.5. The van der Waals surface area contributed by atoms with E-state index in [-0.39, 0.29) is 5.75 Å². The Hall–Kier alpha value is -2.18. The van der Waals surface area contributed by atoms with Crippen LogP contribution in [0.25, 0.3) is 0 Å². The van der Waals surface area contributed by atoms with Gasteiger partial charge in [0, 0.05) is 6.54 Å². The molecular formula is C25H33NO4S. The maximum absolute atomic E-state index is 13.0. The van der Waals surface area contributed by atoms with Crippen molar-refractivity contribution in [3.05, 3.63) is 70.3 Å². The van der Waals surface area contributed by atoms with Crippen LogP contribution in [-0.2, 0) is 31.7 Å². The molecule has 0 radical (unpaired) electrons. The van der Waals surface area contributed by atoms with E-state index in [1.807, 2.05) is 18.2 Å². The van der Waals surface area contributed by atoms with Crippen molar-refractivity contribution in [3.63, 3.8) is 0 Å². The number of carbonyl (C=O) groups excluding carboxylic acids is 1. The summed E-state index contributed by atoms with van der Waals surface area (Å²) in [4.78, 5) is 12.7. The van der Waals surface area contributed by atoms with Crippen LogP contribution in [0.5, 0.6) is 0 Å². The fourth-order valence-corrected chi connectivity index (χ4v) is 5.92. The SMILES string of the molecule is Cc1cc(CCCOC(=O)C2CCCCN2S(=O)(=O)Cc2ccccc2)cc(C)c1C. The molecule has 1 saturated heterocycles. The van der Waals surface area contributed by atoms with E-state index in [4.69, 9.17) is 4.74 Å². The van der Waals surface area contributed by atoms with Crippen molar-refractivity contribution in [2.45, 2.75) is 64.7 Å². The normalized spacial score (nSPS) is 17.5. The Morgan fingerprint density at radius 2 is 1.71 bits per heavy atom. The van der Waals surface area contributed by atoms with E-state index >= 15 is 0 Å². The smallest absolute Gasteiger partial charge is 0.324 e. The maximum Gasteiger partial charge on any atom is 0.324 e. The molecule has 0 saturated carbocycles. The molecule has 2 aromatic carbocycles. The maximum atomic E-state index is 13.0. The molecule has 31 heavy (non-hydrogen) atoms. The van der Waals surface area contributed by atoms with Gasteiger partial charge < -0.3 is 4.74 Å². The van der Waals surface area contributed by atoms with Gasteiger partial charge in [-0.05, 0) is 80.7 Å². The Morgan fingerprint density at radius 1 is 1.03 bits per heavy atom. The van der Waals surface area contributed by atoms with Gasteiger partial charge in [0.1, 0.15) is 6.04 Å². The molecule has 0 bridgehead atoms. The number of esters is 1. The summed E-state index contributed by atoms with van der Waals surface area (Å²) in [6.07, 6.45) is 3.67. The summed E-state index contributed by atoms with van der Waals surface area (Å²) in [5.41, 5.74) is 5.82. The monoisotopic (exact) mass is 443 g/mol. The molecule has 0 spiro atoms. The zero-order valence-electron chi connectivity index (χ0n) is 18.8. The number of benzene rings is 2. The second-order valence-corrected chi connectivity index (χ2v) is 10.4. The van der Waals surface area contributed by atoms with Gasteiger partial charge in [0.2, 0.25) is 10.0 Å². The number of hydrogen-bond donors (Lipinski definition) is 0. The van der Waals surface area contributed by atoms with Gasteiger partial charge in [-0.25, -0.2) is 8.42 Å². The minimum Gasteiger partial charge on any atom is -0.464 e. The van der Waals surface area contributed by atoms with Crippen molar-refractivity contribution in [1.29, 1.82) is 0 Å². The molecule has 1 aliphatic heterocycles. The Labute approximate surface area is 186 Å². The number of ether oxygens (including phenoxy) is 1. The highest BCUT2D eigenvalue weighted by Gasteiger charge is 2.37. The molecule has 168 valence electrons. The number of sulfonamides is 1. The fourth-order valence-electron chi connectivity index (χ4n) is 4.16. The summed E-state index contributed by atoms with van der Waals surface area (Å²) in [7, 11) is -3.59. The van der Waals surface area contributed by atoms with Crippen LogP contribution in [0.2, 0.25) is 0 Å². The van der Waals surface area contributed by atoms with E-state index in [1.54, 1.807) is 12.1 Å². The van der Waals surface area contributed by atoms with Gasteiger partial charge in [-0.1, -0.05) is 42.5 Å². The molecule has 1 aliphatic rings. The zero-order chi connectivity index (χ0) is 22.4. The minimum atomic E-state index is -3.59. The topological polar surface area (TPSA) is 63.7 Å². The number of aryl methyl sites for hydroxylation is 3. The van der Waals surface area contributed by atoms with Crippen molar-refractivity contribution < 1.29 is 17.9 Å². The van der Waals surface area contributed by atoms with Gasteiger partial charge in [0.05, 0.1) is 12.4 Å². The van der Waals surface area contributed by atoms with Gasteiger partial charge >= 0.3 is 5.97 Å². The number of carbonyl (C=O) groups is 1. The largest absolute Gasteiger partial charge is 0.464 e. The molecule has 0 aliphatic carbocycles. The molecule has 6 heteroatoms. The number of hydrogen-bond acceptors (Lipinski definition) is 4. The number of rotatable bonds is 8. The van der Waals surface area contributed by atoms with Gasteiger partial charge in [-0.15, -0.1) is 0 Å². The Balaban J connectivity index is 1.56. The summed E-state index contributed by atoms with van der Waals surface area (Å²) in [6.45, 7) is 7.02. The molecule has 1 heterocycles. The van der Waals surface area contributed by atoms with Gasteiger partial charge in [-0.2, -0.15) is 4.31 Å². The molecule has 1 unspecified atom stereocenters. The van der Waals surface area contributed by atoms with E-state index in [1.165, 1.54) is 26.6 Å². The number of piperidine rings is 1. The van der Waals surface area contributed by atoms with Crippen molar-refractivity contribution in [3.8, 4) is 0 Å². The molecule has 1 fully saturated rings. The lowest BCUT2D eigenvalue weighted by Gasteiger charge is -2.33. The lowest BCUT2D eigenvalue weighted by Crippen LogP contribution is -2.49. The van der Waals surface area contributed by atoms with E-state index in [2.05, 4.69) is 32.9 Å². The van der Waals surface area contributed by atoms with Gasteiger partial charge in [0.25, 0.3) is 0 Å². The van der Waals surface area contributed by atoms with Crippen molar-refractivity contribution in [1.82, 2.24) is 4.31 Å². The predicted molar refractivity (Wildman–Crippen MR) is 123 cm³/mol. The molecule has 1 atom stereocenters. The average Bonchev–Trinajstić information content (AvgIpc) is 2.75. The van der Waals surface area contributed by atoms with Crippen LogP contribution in [0.3, 0.4) is 0 Å². The molecule has 2 aromatic rings. The number of nitrogens with zero attached hydrogens (tertiary/aromatic N) is 1. The Morgan fingerprint density at radius 3 is 2.39 bits per heavy atom. The molecule has 0 amide bonds. The fraction of sp³-hybridized carbons (Fsp3) is 0.480. The van der Waals surface area contributed by atoms with Gasteiger partial charge in [-0.3, -0.25) is 4.79 Å². The molecule has 0 N–H and O–H groups in total. The van der Waals surface area contributed by atoms with Crippen LogP contribution < -0.4 is 0 Å². The van der Waals surface area contributed by atoms with Crippen LogP contribution in [0, 0.1) is 20.8 Å². The Kier molecular flexibility index (Phi) is 7.89. The third-order valence-corrected chi connectivity index (χ3v) is 7.97. The van der Waals surface area contributed by atoms with Crippen molar-refractivity contribution >= 4 is 16.0 Å². The standard InChI is InChI=1S/C25H33NO4S/c1-19-16-23(17-20(2)21(19)3)12-9-15-30-25(27)24-13-7-8-14-26(24)31(28,29)18-22-10-5-4-6-11-22/h4-6,10-11,16-17,24H,7-9,12-15,18H2,1-3H3. The molecular weight excluding hydrogens is 410 g/mol. The van der Waals surface area contributed by atoms with Crippen LogP contribution in [-0.4, -0.2) is 37.9 Å². The minimum absolute atomic E-state index is 0.0935. The van der Waals surface area contributed by atoms with Crippen molar-refractivity contribution in [2.24, 2.45) is 0 Å². The first-order valence-corrected chi connectivity index (χ1v) is 12.7. The predicted octanol–water partition coefficient (Wildman–Crippen LogP) is 4.47. The highest BCUT2D eigenvalue weighted by molar-refractivity contribution is 7.88. The van der Waals surface area contributed by atoms with Crippen LogP contribution >= 0.6 is 0 Å². The van der Waals surface area contributed by atoms with Crippen molar-refractivity contribution in [2.75, 3.05) is 13.2 Å². The summed E-state index contributed by atoms with van der Waals surface area (Å²) in [5, 5.41) is 0. The van der Waals surface area contributed by atoms with E-state index in [0.717, 1.165) is 31.2 Å². The second kappa shape index (κ2) is 10.4. The summed E-state index contributed by atoms with van der Waals surface area (Å²) >= 11 is 0. The van der Waals surface area contributed by atoms with Crippen LogP contribution in [0.1, 0.15) is 53.5 Å². The van der Waals surface area contributed by atoms with E-state index in [9.17, 15) is 13.2 Å². The third kappa shape index (κ3) is 6.17. The third-order valence-electron chi connectivity index (χ3n) is 6.12. The molecule has 5 nitrogen and oxygen atoms in total. The van der Waals surface area contributed by atoms with Crippen LogP contribution in [0.15, 0.2) is 42.5 Å². The summed E-state index contributed by atoms with van der Waals surface area (Å²) < 4.78 is 32.9. The highest BCUT2D eigenvalue weighted by atomic mass is 32.2. The van der Waals surface area contributed by atoms with E-state index < -0.39 is 22.0 Å². The first-order valence-electron chi connectivity index (χ1n) is 11.0. The first-order chi connectivity index (χ1) is 14.8. The second-order valence-electron chi connectivity index (χ2n) is 8.49. The summed E-state index contributed by atoms with van der Waals surface area (Å²) in [6, 6.07) is 12.7. The Bertz CT molecular complexity index is 978. The van der Waals surface area contributed by atoms with Crippen LogP contribution in [0.4, 0.5) is 0 Å². The van der Waals surface area contributed by atoms with Gasteiger partial charge in [0.15, 0.2) is 0 Å². The van der Waals surface area contributed by atoms with E-state index in [0.29, 0.717) is 19.6 Å². The quantitative estimate of drug-likeness (QED) is 0.446. The molecule has 0 aromatic heterocycles.